The van der Waals surface area contributed by atoms with Crippen LogP contribution in [0.25, 0.3) is 16.7 Å². The van der Waals surface area contributed by atoms with Crippen LogP contribution in [0.15, 0.2) is 66.7 Å². The molecule has 4 aromatic rings. The Morgan fingerprint density at radius 1 is 0.943 bits per heavy atom. The van der Waals surface area contributed by atoms with E-state index in [1.807, 2.05) is 42.5 Å². The van der Waals surface area contributed by atoms with Crippen molar-refractivity contribution in [3.8, 4) is 11.4 Å². The van der Waals surface area contributed by atoms with Gasteiger partial charge in [0.1, 0.15) is 16.8 Å². The predicted octanol–water partition coefficient (Wildman–Crippen LogP) is 6.61. The lowest BCUT2D eigenvalue weighted by molar-refractivity contribution is -0.118. The van der Waals surface area contributed by atoms with Crippen molar-refractivity contribution in [2.75, 3.05) is 11.9 Å². The summed E-state index contributed by atoms with van der Waals surface area (Å²) in [4.78, 5) is 14.1. The van der Waals surface area contributed by atoms with Crippen molar-refractivity contribution in [2.45, 2.75) is 57.8 Å². The lowest BCUT2D eigenvalue weighted by atomic mass is 9.84. The summed E-state index contributed by atoms with van der Waals surface area (Å²) < 4.78 is 5.71. The van der Waals surface area contributed by atoms with Crippen LogP contribution in [-0.2, 0) is 4.79 Å². The van der Waals surface area contributed by atoms with Gasteiger partial charge in [-0.05, 0) is 78.3 Å². The van der Waals surface area contributed by atoms with E-state index in [4.69, 9.17) is 4.74 Å². The number of amides is 1. The second kappa shape index (κ2) is 10.3. The Balaban J connectivity index is 1.18. The maximum absolute atomic E-state index is 12.5. The van der Waals surface area contributed by atoms with Gasteiger partial charge in [0, 0.05) is 5.69 Å². The van der Waals surface area contributed by atoms with E-state index in [-0.39, 0.29) is 12.5 Å². The van der Waals surface area contributed by atoms with Gasteiger partial charge < -0.3 is 10.1 Å². The fourth-order valence-electron chi connectivity index (χ4n) is 4.72. The Bertz CT molecular complexity index is 1290. The van der Waals surface area contributed by atoms with Gasteiger partial charge >= 0.3 is 0 Å². The topological polar surface area (TPSA) is 69.0 Å². The summed E-state index contributed by atoms with van der Waals surface area (Å²) in [6.07, 6.45) is 6.52. The van der Waals surface area contributed by atoms with E-state index in [0.29, 0.717) is 23.3 Å². The average molecular weight is 469 g/mol. The molecule has 5 rings (SSSR count). The molecule has 0 radical (unpaired) electrons. The smallest absolute Gasteiger partial charge is 0.262 e. The highest BCUT2D eigenvalue weighted by Gasteiger charge is 2.15. The van der Waals surface area contributed by atoms with Crippen LogP contribution in [0.2, 0.25) is 0 Å². The van der Waals surface area contributed by atoms with Gasteiger partial charge in [-0.3, -0.25) is 4.79 Å². The highest BCUT2D eigenvalue weighted by Crippen LogP contribution is 2.33. The monoisotopic (exact) mass is 468 g/mol. The number of carbonyl (C=O) groups excluding carboxylic acids is 1. The molecule has 0 atom stereocenters. The third kappa shape index (κ3) is 5.53. The molecule has 1 saturated carbocycles. The zero-order valence-electron chi connectivity index (χ0n) is 20.4. The van der Waals surface area contributed by atoms with E-state index in [1.165, 1.54) is 43.2 Å². The molecule has 1 N–H and O–H groups in total. The number of aromatic nitrogens is 3. The third-order valence-corrected chi connectivity index (χ3v) is 6.78. The maximum Gasteiger partial charge on any atom is 0.262 e. The summed E-state index contributed by atoms with van der Waals surface area (Å²) in [6, 6.07) is 22.0. The van der Waals surface area contributed by atoms with E-state index in [9.17, 15) is 4.79 Å². The maximum atomic E-state index is 12.5. The summed E-state index contributed by atoms with van der Waals surface area (Å²) >= 11 is 0. The van der Waals surface area contributed by atoms with Crippen molar-refractivity contribution in [3.63, 3.8) is 0 Å². The lowest BCUT2D eigenvalue weighted by Crippen LogP contribution is -2.20. The average Bonchev–Trinajstić information content (AvgIpc) is 3.32. The largest absolute Gasteiger partial charge is 0.484 e. The Morgan fingerprint density at radius 3 is 2.37 bits per heavy atom. The molecule has 0 saturated heterocycles. The van der Waals surface area contributed by atoms with Gasteiger partial charge in [-0.25, -0.2) is 0 Å². The van der Waals surface area contributed by atoms with Gasteiger partial charge in [-0.15, -0.1) is 10.2 Å². The van der Waals surface area contributed by atoms with Crippen molar-refractivity contribution in [1.29, 1.82) is 0 Å². The standard InChI is InChI=1S/C29H32N4O2/c1-20(2)21-8-13-25(14-9-21)33-31-27-17-12-24(18-28(27)32-33)30-29(34)19-35-26-15-10-23(11-16-26)22-6-4-3-5-7-22/h8-18,20,22H,3-7,19H2,1-2H3,(H,30,34). The van der Waals surface area contributed by atoms with Crippen LogP contribution >= 0.6 is 0 Å². The summed E-state index contributed by atoms with van der Waals surface area (Å²) in [5.41, 5.74) is 5.71. The Kier molecular flexibility index (Phi) is 6.80. The Morgan fingerprint density at radius 2 is 1.66 bits per heavy atom. The number of hydrogen-bond acceptors (Lipinski definition) is 4. The fraction of sp³-hybridized carbons (Fsp3) is 0.345. The van der Waals surface area contributed by atoms with Crippen molar-refractivity contribution in [2.24, 2.45) is 0 Å². The van der Waals surface area contributed by atoms with Crippen LogP contribution in [0.5, 0.6) is 5.75 Å². The molecule has 1 aliphatic rings. The van der Waals surface area contributed by atoms with E-state index in [0.717, 1.165) is 16.7 Å². The van der Waals surface area contributed by atoms with Gasteiger partial charge in [0.25, 0.3) is 5.91 Å². The molecule has 35 heavy (non-hydrogen) atoms. The molecule has 0 unspecified atom stereocenters. The number of anilines is 1. The molecule has 1 fully saturated rings. The SMILES string of the molecule is CC(C)c1ccc(-n2nc3ccc(NC(=O)COc4ccc(C5CCCCC5)cc4)cc3n2)cc1. The van der Waals surface area contributed by atoms with Gasteiger partial charge in [-0.2, -0.15) is 4.80 Å². The van der Waals surface area contributed by atoms with Crippen LogP contribution in [-0.4, -0.2) is 27.5 Å². The van der Waals surface area contributed by atoms with Crippen molar-refractivity contribution in [1.82, 2.24) is 15.0 Å². The fourth-order valence-corrected chi connectivity index (χ4v) is 4.72. The molecular weight excluding hydrogens is 436 g/mol. The van der Waals surface area contributed by atoms with Gasteiger partial charge in [0.15, 0.2) is 6.61 Å². The number of nitrogens with one attached hydrogen (secondary N) is 1. The van der Waals surface area contributed by atoms with Crippen molar-refractivity contribution >= 4 is 22.6 Å². The quantitative estimate of drug-likeness (QED) is 0.331. The van der Waals surface area contributed by atoms with E-state index in [1.54, 1.807) is 4.80 Å². The number of nitrogens with zero attached hydrogens (tertiary/aromatic N) is 3. The molecule has 1 aromatic heterocycles. The summed E-state index contributed by atoms with van der Waals surface area (Å²) in [5, 5.41) is 12.0. The zero-order valence-corrected chi connectivity index (χ0v) is 20.4. The summed E-state index contributed by atoms with van der Waals surface area (Å²) in [7, 11) is 0. The van der Waals surface area contributed by atoms with Gasteiger partial charge in [0.2, 0.25) is 0 Å². The molecule has 0 bridgehead atoms. The minimum Gasteiger partial charge on any atom is -0.484 e. The lowest BCUT2D eigenvalue weighted by Gasteiger charge is -2.22. The third-order valence-electron chi connectivity index (χ3n) is 6.78. The van der Waals surface area contributed by atoms with Crippen LogP contribution < -0.4 is 10.1 Å². The highest BCUT2D eigenvalue weighted by molar-refractivity contribution is 5.93. The summed E-state index contributed by atoms with van der Waals surface area (Å²) in [6.45, 7) is 4.30. The predicted molar refractivity (Wildman–Crippen MR) is 139 cm³/mol. The first-order valence-electron chi connectivity index (χ1n) is 12.6. The number of rotatable bonds is 7. The second-order valence-electron chi connectivity index (χ2n) is 9.68. The zero-order chi connectivity index (χ0) is 24.2. The number of ether oxygens (including phenoxy) is 1. The summed E-state index contributed by atoms with van der Waals surface area (Å²) in [5.74, 6) is 1.64. The Labute approximate surface area is 206 Å². The molecule has 1 amide bonds. The molecule has 6 nitrogen and oxygen atoms in total. The second-order valence-corrected chi connectivity index (χ2v) is 9.68. The van der Waals surface area contributed by atoms with E-state index in [2.05, 4.69) is 53.6 Å². The van der Waals surface area contributed by atoms with Crippen LogP contribution in [0.1, 0.15) is 68.9 Å². The van der Waals surface area contributed by atoms with Crippen molar-refractivity contribution < 1.29 is 9.53 Å². The molecule has 0 aliphatic heterocycles. The normalized spacial score (nSPS) is 14.4. The molecule has 6 heteroatoms. The number of benzene rings is 3. The minimum absolute atomic E-state index is 0.0459. The highest BCUT2D eigenvalue weighted by atomic mass is 16.5. The van der Waals surface area contributed by atoms with Crippen molar-refractivity contribution in [3.05, 3.63) is 77.9 Å². The van der Waals surface area contributed by atoms with Crippen LogP contribution in [0.4, 0.5) is 5.69 Å². The Hall–Kier alpha value is -3.67. The number of carbonyl (C=O) groups is 1. The first-order chi connectivity index (χ1) is 17.0. The van der Waals surface area contributed by atoms with Crippen LogP contribution in [0.3, 0.4) is 0 Å². The molecule has 0 spiro atoms. The minimum atomic E-state index is -0.211. The number of hydrogen-bond donors (Lipinski definition) is 1. The van der Waals surface area contributed by atoms with E-state index < -0.39 is 0 Å². The molecular formula is C29H32N4O2. The molecule has 1 aliphatic carbocycles. The first-order valence-corrected chi connectivity index (χ1v) is 12.6. The molecule has 3 aromatic carbocycles. The van der Waals surface area contributed by atoms with Gasteiger partial charge in [0.05, 0.1) is 5.69 Å². The number of fused-ring (bicyclic) bond motifs is 1. The van der Waals surface area contributed by atoms with Crippen LogP contribution in [0, 0.1) is 0 Å². The molecule has 1 heterocycles. The van der Waals surface area contributed by atoms with E-state index >= 15 is 0 Å². The molecule has 180 valence electrons. The first kappa shape index (κ1) is 23.1. The van der Waals surface area contributed by atoms with Gasteiger partial charge in [-0.1, -0.05) is 57.4 Å².